The molecule has 1 fully saturated rings. The SMILES string of the molecule is COc1cccc(CN2CCCC(C)(C(=O)O)C2)c1F. The Morgan fingerprint density at radius 3 is 2.95 bits per heavy atom. The van der Waals surface area contributed by atoms with Crippen LogP contribution in [0.5, 0.6) is 5.75 Å². The highest BCUT2D eigenvalue weighted by Gasteiger charge is 2.37. The Morgan fingerprint density at radius 1 is 1.55 bits per heavy atom. The van der Waals surface area contributed by atoms with Crippen molar-refractivity contribution in [2.75, 3.05) is 20.2 Å². The minimum atomic E-state index is -0.784. The molecule has 2 rings (SSSR count). The number of carbonyl (C=O) groups is 1. The van der Waals surface area contributed by atoms with Crippen LogP contribution >= 0.6 is 0 Å². The Kier molecular flexibility index (Phi) is 4.28. The quantitative estimate of drug-likeness (QED) is 0.921. The van der Waals surface area contributed by atoms with Crippen molar-refractivity contribution in [3.05, 3.63) is 29.6 Å². The average Bonchev–Trinajstić information content (AvgIpc) is 2.41. The number of nitrogens with zero attached hydrogens (tertiary/aromatic N) is 1. The number of piperidine rings is 1. The van der Waals surface area contributed by atoms with Gasteiger partial charge in [0.25, 0.3) is 0 Å². The van der Waals surface area contributed by atoms with Crippen LogP contribution in [0, 0.1) is 11.2 Å². The van der Waals surface area contributed by atoms with E-state index in [1.165, 1.54) is 7.11 Å². The topological polar surface area (TPSA) is 49.8 Å². The molecule has 1 atom stereocenters. The van der Waals surface area contributed by atoms with Gasteiger partial charge in [0, 0.05) is 18.7 Å². The number of halogens is 1. The molecule has 1 unspecified atom stereocenters. The van der Waals surface area contributed by atoms with Gasteiger partial charge in [-0.05, 0) is 32.4 Å². The van der Waals surface area contributed by atoms with Crippen LogP contribution in [0.4, 0.5) is 4.39 Å². The summed E-state index contributed by atoms with van der Waals surface area (Å²) in [6.45, 7) is 3.40. The van der Waals surface area contributed by atoms with Crippen molar-refractivity contribution in [1.82, 2.24) is 4.90 Å². The number of rotatable bonds is 4. The second-order valence-corrected chi connectivity index (χ2v) is 5.61. The van der Waals surface area contributed by atoms with E-state index in [9.17, 15) is 14.3 Å². The van der Waals surface area contributed by atoms with Gasteiger partial charge in [-0.2, -0.15) is 0 Å². The number of carboxylic acid groups (broad SMARTS) is 1. The van der Waals surface area contributed by atoms with Gasteiger partial charge in [-0.25, -0.2) is 4.39 Å². The summed E-state index contributed by atoms with van der Waals surface area (Å²) in [6.07, 6.45) is 1.48. The number of carboxylic acids is 1. The molecule has 20 heavy (non-hydrogen) atoms. The van der Waals surface area contributed by atoms with Crippen LogP contribution in [0.1, 0.15) is 25.3 Å². The first-order valence-corrected chi connectivity index (χ1v) is 6.73. The van der Waals surface area contributed by atoms with Crippen molar-refractivity contribution in [3.8, 4) is 5.75 Å². The number of aliphatic carboxylic acids is 1. The molecule has 5 heteroatoms. The molecule has 1 aromatic rings. The highest BCUT2D eigenvalue weighted by atomic mass is 19.1. The zero-order chi connectivity index (χ0) is 14.8. The summed E-state index contributed by atoms with van der Waals surface area (Å²) in [4.78, 5) is 13.3. The fraction of sp³-hybridized carbons (Fsp3) is 0.533. The fourth-order valence-electron chi connectivity index (χ4n) is 2.73. The van der Waals surface area contributed by atoms with Crippen LogP contribution in [0.3, 0.4) is 0 Å². The lowest BCUT2D eigenvalue weighted by Gasteiger charge is -2.37. The zero-order valence-corrected chi connectivity index (χ0v) is 11.9. The zero-order valence-electron chi connectivity index (χ0n) is 11.9. The Bertz CT molecular complexity index is 506. The number of ether oxygens (including phenoxy) is 1. The van der Waals surface area contributed by atoms with E-state index in [0.29, 0.717) is 25.1 Å². The van der Waals surface area contributed by atoms with Gasteiger partial charge in [0.1, 0.15) is 0 Å². The van der Waals surface area contributed by atoms with E-state index in [0.717, 1.165) is 13.0 Å². The monoisotopic (exact) mass is 281 g/mol. The Morgan fingerprint density at radius 2 is 2.30 bits per heavy atom. The summed E-state index contributed by atoms with van der Waals surface area (Å²) in [5.41, 5.74) is -0.202. The first-order valence-electron chi connectivity index (χ1n) is 6.73. The average molecular weight is 281 g/mol. The molecule has 0 radical (unpaired) electrons. The van der Waals surface area contributed by atoms with Gasteiger partial charge in [0.05, 0.1) is 12.5 Å². The molecule has 4 nitrogen and oxygen atoms in total. The fourth-order valence-corrected chi connectivity index (χ4v) is 2.73. The van der Waals surface area contributed by atoms with Gasteiger partial charge in [-0.1, -0.05) is 12.1 Å². The minimum absolute atomic E-state index is 0.223. The van der Waals surface area contributed by atoms with Crippen molar-refractivity contribution in [2.45, 2.75) is 26.3 Å². The maximum absolute atomic E-state index is 14.1. The summed E-state index contributed by atoms with van der Waals surface area (Å²) >= 11 is 0. The van der Waals surface area contributed by atoms with Gasteiger partial charge in [0.2, 0.25) is 0 Å². The third-order valence-corrected chi connectivity index (χ3v) is 3.95. The molecular weight excluding hydrogens is 261 g/mol. The standard InChI is InChI=1S/C15H20FNO3/c1-15(14(18)19)7-4-8-17(10-15)9-11-5-3-6-12(20-2)13(11)16/h3,5-6H,4,7-10H2,1-2H3,(H,18,19). The van der Waals surface area contributed by atoms with E-state index < -0.39 is 11.4 Å². The predicted octanol–water partition coefficient (Wildman–Crippen LogP) is 2.52. The molecular formula is C15H20FNO3. The van der Waals surface area contributed by atoms with E-state index in [-0.39, 0.29) is 11.6 Å². The Balaban J connectivity index is 2.12. The van der Waals surface area contributed by atoms with E-state index in [2.05, 4.69) is 0 Å². The van der Waals surface area contributed by atoms with Crippen LogP contribution < -0.4 is 4.74 Å². The molecule has 1 heterocycles. The van der Waals surface area contributed by atoms with E-state index in [1.54, 1.807) is 25.1 Å². The Labute approximate surface area is 118 Å². The van der Waals surface area contributed by atoms with Crippen LogP contribution in [0.2, 0.25) is 0 Å². The van der Waals surface area contributed by atoms with Crippen molar-refractivity contribution in [2.24, 2.45) is 5.41 Å². The molecule has 1 aliphatic rings. The largest absolute Gasteiger partial charge is 0.494 e. The van der Waals surface area contributed by atoms with Crippen LogP contribution in [0.25, 0.3) is 0 Å². The van der Waals surface area contributed by atoms with E-state index >= 15 is 0 Å². The molecule has 110 valence electrons. The minimum Gasteiger partial charge on any atom is -0.494 e. The first kappa shape index (κ1) is 14.8. The van der Waals surface area contributed by atoms with Crippen LogP contribution in [-0.2, 0) is 11.3 Å². The normalized spacial score (nSPS) is 23.6. The number of methoxy groups -OCH3 is 1. The summed E-state index contributed by atoms with van der Waals surface area (Å²) in [6, 6.07) is 5.04. The second-order valence-electron chi connectivity index (χ2n) is 5.61. The molecule has 1 N–H and O–H groups in total. The number of hydrogen-bond donors (Lipinski definition) is 1. The summed E-state index contributed by atoms with van der Waals surface area (Å²) in [7, 11) is 1.44. The van der Waals surface area contributed by atoms with Gasteiger partial charge in [0.15, 0.2) is 11.6 Å². The van der Waals surface area contributed by atoms with Gasteiger partial charge in [-0.3, -0.25) is 9.69 Å². The maximum Gasteiger partial charge on any atom is 0.310 e. The highest BCUT2D eigenvalue weighted by Crippen LogP contribution is 2.31. The van der Waals surface area contributed by atoms with Crippen molar-refractivity contribution >= 4 is 5.97 Å². The second kappa shape index (κ2) is 5.79. The third-order valence-electron chi connectivity index (χ3n) is 3.95. The molecule has 0 saturated carbocycles. The summed E-state index contributed by atoms with van der Waals surface area (Å²) in [5, 5.41) is 9.30. The van der Waals surface area contributed by atoms with Crippen LogP contribution in [-0.4, -0.2) is 36.2 Å². The van der Waals surface area contributed by atoms with Gasteiger partial charge in [-0.15, -0.1) is 0 Å². The van der Waals surface area contributed by atoms with E-state index in [4.69, 9.17) is 4.74 Å². The first-order chi connectivity index (χ1) is 9.46. The Hall–Kier alpha value is -1.62. The van der Waals surface area contributed by atoms with Gasteiger partial charge < -0.3 is 9.84 Å². The molecule has 0 aliphatic carbocycles. The predicted molar refractivity (Wildman–Crippen MR) is 73.2 cm³/mol. The maximum atomic E-state index is 14.1. The molecule has 0 amide bonds. The highest BCUT2D eigenvalue weighted by molar-refractivity contribution is 5.74. The number of hydrogen-bond acceptors (Lipinski definition) is 3. The lowest BCUT2D eigenvalue weighted by Crippen LogP contribution is -2.45. The van der Waals surface area contributed by atoms with Crippen molar-refractivity contribution in [3.63, 3.8) is 0 Å². The van der Waals surface area contributed by atoms with Crippen molar-refractivity contribution < 1.29 is 19.0 Å². The van der Waals surface area contributed by atoms with Gasteiger partial charge >= 0.3 is 5.97 Å². The smallest absolute Gasteiger partial charge is 0.310 e. The lowest BCUT2D eigenvalue weighted by atomic mass is 9.82. The molecule has 1 saturated heterocycles. The summed E-state index contributed by atoms with van der Waals surface area (Å²) in [5.74, 6) is -0.925. The lowest BCUT2D eigenvalue weighted by molar-refractivity contribution is -0.151. The summed E-state index contributed by atoms with van der Waals surface area (Å²) < 4.78 is 19.1. The number of benzene rings is 1. The molecule has 1 aliphatic heterocycles. The van der Waals surface area contributed by atoms with Crippen molar-refractivity contribution in [1.29, 1.82) is 0 Å². The van der Waals surface area contributed by atoms with E-state index in [1.807, 2.05) is 4.90 Å². The third kappa shape index (κ3) is 2.93. The molecule has 0 spiro atoms. The van der Waals surface area contributed by atoms with Crippen LogP contribution in [0.15, 0.2) is 18.2 Å². The molecule has 1 aromatic carbocycles. The molecule has 0 aromatic heterocycles. The molecule has 0 bridgehead atoms. The number of likely N-dealkylation sites (tertiary alicyclic amines) is 1.